The van der Waals surface area contributed by atoms with Crippen molar-refractivity contribution in [2.75, 3.05) is 37.0 Å². The van der Waals surface area contributed by atoms with E-state index in [2.05, 4.69) is 33.6 Å². The number of anilines is 2. The van der Waals surface area contributed by atoms with Gasteiger partial charge in [-0.15, -0.1) is 0 Å². The second-order valence-corrected chi connectivity index (χ2v) is 13.2. The van der Waals surface area contributed by atoms with Gasteiger partial charge in [0.1, 0.15) is 28.1 Å². The monoisotopic (exact) mass is 802 g/mol. The number of para-hydroxylation sites is 5. The maximum Gasteiger partial charge on any atom is 0.373 e. The lowest BCUT2D eigenvalue weighted by atomic mass is 10.1. The first kappa shape index (κ1) is 41.5. The molecule has 14 nitrogen and oxygen atoms in total. The summed E-state index contributed by atoms with van der Waals surface area (Å²) in [6, 6.07) is 41.0. The van der Waals surface area contributed by atoms with Crippen LogP contribution in [-0.4, -0.2) is 59.0 Å². The zero-order valence-corrected chi connectivity index (χ0v) is 33.0. The van der Waals surface area contributed by atoms with Crippen LogP contribution in [0.2, 0.25) is 0 Å². The predicted molar refractivity (Wildman–Crippen MR) is 228 cm³/mol. The summed E-state index contributed by atoms with van der Waals surface area (Å²) in [7, 11) is 4.01. The molecule has 1 N–H and O–H groups in total. The molecule has 0 saturated carbocycles. The van der Waals surface area contributed by atoms with Crippen LogP contribution in [0.3, 0.4) is 0 Å². The number of carbonyl (C=O) groups excluding carboxylic acids is 4. The minimum atomic E-state index is -0.397. The number of rotatable bonds is 7. The standard InChI is InChI=1S/C25H21N3O2.C19H17N3O2.2CO2/c1-3-27(2)19-14-13-17-15-20(25(29)30-23(17)16-19)24-26-21-11-7-8-12-22(21)28(24)18-9-5-4-6-10-18;1-3-22(2)13-9-8-12-10-14(19(23)24-17(12)11-13)18-20-15-6-4-5-7-16(15)21-18;2*2-1-3/h4-16H,3H2,1-2H3;4-11H,3H2,1-2H3,(H,20,21);;. The number of hydrogen-bond donors (Lipinski definition) is 1. The summed E-state index contributed by atoms with van der Waals surface area (Å²) in [5.41, 5.74) is 7.72. The summed E-state index contributed by atoms with van der Waals surface area (Å²) in [6.07, 6.45) is 0.500. The van der Waals surface area contributed by atoms with Gasteiger partial charge < -0.3 is 23.6 Å². The van der Waals surface area contributed by atoms with Gasteiger partial charge >= 0.3 is 23.6 Å². The third kappa shape index (κ3) is 8.85. The normalized spacial score (nSPS) is 10.4. The summed E-state index contributed by atoms with van der Waals surface area (Å²) in [5.74, 6) is 1.11. The Hall–Kier alpha value is -8.18. The molecule has 0 aliphatic heterocycles. The largest absolute Gasteiger partial charge is 0.422 e. The first-order valence-corrected chi connectivity index (χ1v) is 18.7. The molecule has 0 unspecified atom stereocenters. The van der Waals surface area contributed by atoms with Crippen molar-refractivity contribution in [3.63, 3.8) is 0 Å². The molecule has 5 aromatic carbocycles. The van der Waals surface area contributed by atoms with E-state index in [1.54, 1.807) is 0 Å². The fraction of sp³-hybridized carbons (Fsp3) is 0.130. The molecule has 0 fully saturated rings. The number of hydrogen-bond acceptors (Lipinski definition) is 12. The van der Waals surface area contributed by atoms with E-state index in [9.17, 15) is 9.59 Å². The molecule has 300 valence electrons. The third-order valence-electron chi connectivity index (χ3n) is 9.73. The number of nitrogens with zero attached hydrogens (tertiary/aromatic N) is 5. The molecule has 4 aromatic heterocycles. The van der Waals surface area contributed by atoms with Crippen LogP contribution in [0.15, 0.2) is 146 Å². The highest BCUT2D eigenvalue weighted by atomic mass is 16.4. The molecule has 0 saturated heterocycles. The van der Waals surface area contributed by atoms with Gasteiger partial charge in [0.2, 0.25) is 0 Å². The van der Waals surface area contributed by atoms with Gasteiger partial charge in [-0.2, -0.15) is 19.2 Å². The van der Waals surface area contributed by atoms with Crippen LogP contribution in [0.5, 0.6) is 0 Å². The van der Waals surface area contributed by atoms with Crippen LogP contribution in [0.25, 0.3) is 72.5 Å². The molecule has 9 aromatic rings. The molecule has 0 spiro atoms. The molecule has 0 amide bonds. The van der Waals surface area contributed by atoms with E-state index in [4.69, 9.17) is 33.0 Å². The number of fused-ring (bicyclic) bond motifs is 4. The zero-order valence-electron chi connectivity index (χ0n) is 33.0. The lowest BCUT2D eigenvalue weighted by Crippen LogP contribution is -2.15. The highest BCUT2D eigenvalue weighted by Crippen LogP contribution is 2.30. The molecule has 0 atom stereocenters. The highest BCUT2D eigenvalue weighted by Gasteiger charge is 2.19. The van der Waals surface area contributed by atoms with Crippen molar-refractivity contribution in [1.29, 1.82) is 0 Å². The van der Waals surface area contributed by atoms with Crippen molar-refractivity contribution in [3.8, 4) is 28.5 Å². The molecule has 9 rings (SSSR count). The van der Waals surface area contributed by atoms with Crippen molar-refractivity contribution < 1.29 is 28.0 Å². The van der Waals surface area contributed by atoms with Crippen LogP contribution in [-0.2, 0) is 19.2 Å². The van der Waals surface area contributed by atoms with Gasteiger partial charge in [0.05, 0.1) is 22.1 Å². The molecule has 4 heterocycles. The molecule has 0 aliphatic carbocycles. The molecule has 60 heavy (non-hydrogen) atoms. The van der Waals surface area contributed by atoms with Crippen LogP contribution >= 0.6 is 0 Å². The lowest BCUT2D eigenvalue weighted by molar-refractivity contribution is -0.193. The Morgan fingerprint density at radius 1 is 0.600 bits per heavy atom. The van der Waals surface area contributed by atoms with E-state index in [0.717, 1.165) is 63.0 Å². The van der Waals surface area contributed by atoms with E-state index in [-0.39, 0.29) is 12.3 Å². The van der Waals surface area contributed by atoms with Gasteiger partial charge in [0.15, 0.2) is 5.82 Å². The fourth-order valence-electron chi connectivity index (χ4n) is 6.49. The summed E-state index contributed by atoms with van der Waals surface area (Å²) in [6.45, 7) is 5.91. The fourth-order valence-corrected chi connectivity index (χ4v) is 6.49. The second-order valence-electron chi connectivity index (χ2n) is 13.2. The van der Waals surface area contributed by atoms with Gasteiger partial charge in [-0.1, -0.05) is 42.5 Å². The lowest BCUT2D eigenvalue weighted by Gasteiger charge is -2.16. The topological polar surface area (TPSA) is 182 Å². The zero-order chi connectivity index (χ0) is 42.8. The van der Waals surface area contributed by atoms with Gasteiger partial charge in [-0.25, -0.2) is 19.6 Å². The number of H-pyrrole nitrogens is 1. The SMILES string of the molecule is CCN(C)c1ccc2cc(-c3nc4ccccc4[nH]3)c(=O)oc2c1.CCN(C)c1ccc2cc(-c3nc4ccccc4n3-c3ccccc3)c(=O)oc2c1.O=C=O.O=C=O. The van der Waals surface area contributed by atoms with E-state index in [1.807, 2.05) is 146 Å². The van der Waals surface area contributed by atoms with Crippen molar-refractivity contribution >= 4 is 67.7 Å². The number of aromatic nitrogens is 4. The number of imidazole rings is 2. The molecule has 0 aliphatic rings. The minimum absolute atomic E-state index is 0.250. The maximum atomic E-state index is 13.0. The smallest absolute Gasteiger partial charge is 0.373 e. The van der Waals surface area contributed by atoms with Crippen LogP contribution in [0, 0.1) is 0 Å². The predicted octanol–water partition coefficient (Wildman–Crippen LogP) is 7.88. The third-order valence-corrected chi connectivity index (χ3v) is 9.73. The average molecular weight is 803 g/mol. The van der Waals surface area contributed by atoms with Gasteiger partial charge in [-0.05, 0) is 86.6 Å². The Kier molecular flexibility index (Phi) is 13.0. The van der Waals surface area contributed by atoms with Gasteiger partial charge in [0.25, 0.3) is 0 Å². The average Bonchev–Trinajstić information content (AvgIpc) is 3.88. The van der Waals surface area contributed by atoms with Crippen molar-refractivity contribution in [2.45, 2.75) is 13.8 Å². The quantitative estimate of drug-likeness (QED) is 0.154. The molecular weight excluding hydrogens is 765 g/mol. The minimum Gasteiger partial charge on any atom is -0.422 e. The Balaban J connectivity index is 0.000000181. The molecule has 14 heteroatoms. The van der Waals surface area contributed by atoms with Crippen molar-refractivity contribution in [3.05, 3.63) is 148 Å². The summed E-state index contributed by atoms with van der Waals surface area (Å²) in [5, 5.41) is 1.74. The van der Waals surface area contributed by atoms with E-state index in [1.165, 1.54) is 0 Å². The van der Waals surface area contributed by atoms with Gasteiger partial charge in [-0.3, -0.25) is 4.57 Å². The highest BCUT2D eigenvalue weighted by molar-refractivity contribution is 5.88. The van der Waals surface area contributed by atoms with Crippen LogP contribution in [0.1, 0.15) is 13.8 Å². The van der Waals surface area contributed by atoms with E-state index in [0.29, 0.717) is 33.9 Å². The first-order chi connectivity index (χ1) is 29.1. The number of nitrogens with one attached hydrogen (secondary N) is 1. The first-order valence-electron chi connectivity index (χ1n) is 18.7. The summed E-state index contributed by atoms with van der Waals surface area (Å²) >= 11 is 0. The van der Waals surface area contributed by atoms with Crippen LogP contribution < -0.4 is 21.1 Å². The molecular formula is C46H38N6O8. The Labute approximate surface area is 341 Å². The van der Waals surface area contributed by atoms with Crippen molar-refractivity contribution in [2.24, 2.45) is 0 Å². The van der Waals surface area contributed by atoms with E-state index < -0.39 is 11.3 Å². The summed E-state index contributed by atoms with van der Waals surface area (Å²) in [4.78, 5) is 74.6. The second kappa shape index (κ2) is 18.8. The van der Waals surface area contributed by atoms with Gasteiger partial charge in [0, 0.05) is 67.2 Å². The van der Waals surface area contributed by atoms with Crippen molar-refractivity contribution in [1.82, 2.24) is 19.5 Å². The number of aromatic amines is 1. The molecule has 0 bridgehead atoms. The Morgan fingerprint density at radius 2 is 1.10 bits per heavy atom. The summed E-state index contributed by atoms with van der Waals surface area (Å²) < 4.78 is 13.3. The Morgan fingerprint density at radius 3 is 1.67 bits per heavy atom. The van der Waals surface area contributed by atoms with Crippen LogP contribution in [0.4, 0.5) is 11.4 Å². The number of benzene rings is 5. The Bertz CT molecular complexity index is 3070. The maximum absolute atomic E-state index is 13.0. The van der Waals surface area contributed by atoms with E-state index >= 15 is 0 Å². The molecule has 0 radical (unpaired) electrons.